The van der Waals surface area contributed by atoms with Crippen LogP contribution in [0.25, 0.3) is 0 Å². The molecule has 1 saturated carbocycles. The molecule has 0 radical (unpaired) electrons. The van der Waals surface area contributed by atoms with E-state index in [0.717, 1.165) is 18.4 Å². The Morgan fingerprint density at radius 2 is 2.05 bits per heavy atom. The highest BCUT2D eigenvalue weighted by atomic mass is 16.5. The van der Waals surface area contributed by atoms with Crippen LogP contribution in [-0.4, -0.2) is 23.6 Å². The topological polar surface area (TPSA) is 81.4 Å². The third-order valence-electron chi connectivity index (χ3n) is 3.69. The number of amides is 1. The Labute approximate surface area is 127 Å². The zero-order chi connectivity index (χ0) is 15.6. The molecule has 2 aromatic rings. The number of carbonyl (C=O) groups excluding carboxylic acids is 2. The van der Waals surface area contributed by atoms with Crippen LogP contribution in [0.3, 0.4) is 0 Å². The number of carbonyl (C=O) groups is 2. The first-order chi connectivity index (χ1) is 10.6. The van der Waals surface area contributed by atoms with Gasteiger partial charge in [0.2, 0.25) is 5.88 Å². The first-order valence-electron chi connectivity index (χ1n) is 7.06. The Kier molecular flexibility index (Phi) is 3.66. The molecule has 1 heterocycles. The molecule has 0 atom stereocenters. The maximum atomic E-state index is 12.3. The van der Waals surface area contributed by atoms with Gasteiger partial charge in [-0.3, -0.25) is 14.9 Å². The summed E-state index contributed by atoms with van der Waals surface area (Å²) in [6.45, 7) is 1.41. The fourth-order valence-electron chi connectivity index (χ4n) is 2.36. The molecule has 1 amide bonds. The second-order valence-electron chi connectivity index (χ2n) is 5.40. The average molecular weight is 300 g/mol. The highest BCUT2D eigenvalue weighted by Crippen LogP contribution is 2.49. The predicted molar refractivity (Wildman–Crippen MR) is 78.2 cm³/mol. The van der Waals surface area contributed by atoms with Gasteiger partial charge in [0.15, 0.2) is 6.61 Å². The lowest BCUT2D eigenvalue weighted by Gasteiger charge is -2.14. The van der Waals surface area contributed by atoms with E-state index in [1.807, 2.05) is 30.3 Å². The molecule has 6 nitrogen and oxygen atoms in total. The molecule has 1 aliphatic carbocycles. The van der Waals surface area contributed by atoms with Gasteiger partial charge >= 0.3 is 5.97 Å². The Morgan fingerprint density at radius 3 is 2.64 bits per heavy atom. The van der Waals surface area contributed by atoms with Gasteiger partial charge in [-0.2, -0.15) is 0 Å². The maximum Gasteiger partial charge on any atom is 0.317 e. The summed E-state index contributed by atoms with van der Waals surface area (Å²) in [5.74, 6) is -0.571. The van der Waals surface area contributed by atoms with Gasteiger partial charge in [-0.1, -0.05) is 35.5 Å². The first kappa shape index (κ1) is 14.3. The lowest BCUT2D eigenvalue weighted by molar-refractivity contribution is -0.150. The normalized spacial score (nSPS) is 15.1. The quantitative estimate of drug-likeness (QED) is 0.856. The molecule has 1 aromatic heterocycles. The van der Waals surface area contributed by atoms with Crippen LogP contribution >= 0.6 is 0 Å². The Morgan fingerprint density at radius 1 is 1.32 bits per heavy atom. The number of esters is 1. The number of aryl methyl sites for hydroxylation is 1. The summed E-state index contributed by atoms with van der Waals surface area (Å²) in [4.78, 5) is 24.0. The van der Waals surface area contributed by atoms with Crippen LogP contribution in [0.2, 0.25) is 0 Å². The maximum absolute atomic E-state index is 12.3. The summed E-state index contributed by atoms with van der Waals surface area (Å²) in [5, 5.41) is 6.14. The van der Waals surface area contributed by atoms with E-state index in [4.69, 9.17) is 9.26 Å². The molecule has 0 saturated heterocycles. The molecule has 1 aromatic carbocycles. The molecule has 1 aliphatic rings. The minimum atomic E-state index is -0.579. The molecule has 1 fully saturated rings. The molecule has 22 heavy (non-hydrogen) atoms. The summed E-state index contributed by atoms with van der Waals surface area (Å²) < 4.78 is 10.0. The van der Waals surface area contributed by atoms with E-state index in [9.17, 15) is 9.59 Å². The van der Waals surface area contributed by atoms with E-state index in [-0.39, 0.29) is 18.5 Å². The second kappa shape index (κ2) is 5.63. The van der Waals surface area contributed by atoms with Crippen molar-refractivity contribution in [2.45, 2.75) is 25.2 Å². The summed E-state index contributed by atoms with van der Waals surface area (Å²) in [5.41, 5.74) is 1.02. The van der Waals surface area contributed by atoms with E-state index < -0.39 is 11.3 Å². The molecule has 3 rings (SSSR count). The zero-order valence-corrected chi connectivity index (χ0v) is 12.2. The third-order valence-corrected chi connectivity index (χ3v) is 3.69. The minimum absolute atomic E-state index is 0.239. The van der Waals surface area contributed by atoms with Gasteiger partial charge in [-0.15, -0.1) is 0 Å². The number of benzene rings is 1. The van der Waals surface area contributed by atoms with Crippen LogP contribution < -0.4 is 5.32 Å². The van der Waals surface area contributed by atoms with Gasteiger partial charge in [-0.05, 0) is 25.3 Å². The van der Waals surface area contributed by atoms with E-state index >= 15 is 0 Å². The van der Waals surface area contributed by atoms with E-state index in [1.165, 1.54) is 0 Å². The molecule has 6 heteroatoms. The lowest BCUT2D eigenvalue weighted by Crippen LogP contribution is -2.27. The highest BCUT2D eigenvalue weighted by Gasteiger charge is 2.52. The summed E-state index contributed by atoms with van der Waals surface area (Å²) in [6.07, 6.45) is 1.50. The van der Waals surface area contributed by atoms with Crippen LogP contribution in [-0.2, 0) is 19.7 Å². The van der Waals surface area contributed by atoms with Gasteiger partial charge in [0.25, 0.3) is 5.91 Å². The predicted octanol–water partition coefficient (Wildman–Crippen LogP) is 2.20. The molecular formula is C16H16N2O4. The SMILES string of the molecule is Cc1cc(NC(=O)COC(=O)C2(c3ccccc3)CC2)on1. The summed E-state index contributed by atoms with van der Waals surface area (Å²) in [7, 11) is 0. The zero-order valence-electron chi connectivity index (χ0n) is 12.2. The fraction of sp³-hybridized carbons (Fsp3) is 0.312. The first-order valence-corrected chi connectivity index (χ1v) is 7.06. The average Bonchev–Trinajstić information content (AvgIpc) is 3.24. The number of nitrogens with zero attached hydrogens (tertiary/aromatic N) is 1. The lowest BCUT2D eigenvalue weighted by atomic mass is 9.96. The van der Waals surface area contributed by atoms with Crippen LogP contribution in [0.4, 0.5) is 5.88 Å². The van der Waals surface area contributed by atoms with E-state index in [2.05, 4.69) is 10.5 Å². The standard InChI is InChI=1S/C16H16N2O4/c1-11-9-14(22-18-11)17-13(19)10-21-15(20)16(7-8-16)12-5-3-2-4-6-12/h2-6,9H,7-8,10H2,1H3,(H,17,19). The minimum Gasteiger partial charge on any atom is -0.455 e. The van der Waals surface area contributed by atoms with Crippen molar-refractivity contribution >= 4 is 17.8 Å². The molecule has 0 bridgehead atoms. The molecule has 1 N–H and O–H groups in total. The van der Waals surface area contributed by atoms with Crippen molar-refractivity contribution in [2.24, 2.45) is 0 Å². The summed E-state index contributed by atoms with van der Waals surface area (Å²) in [6, 6.07) is 11.1. The van der Waals surface area contributed by atoms with Crippen LogP contribution in [0, 0.1) is 6.92 Å². The number of anilines is 1. The largest absolute Gasteiger partial charge is 0.455 e. The number of nitrogens with one attached hydrogen (secondary N) is 1. The summed E-state index contributed by atoms with van der Waals surface area (Å²) >= 11 is 0. The van der Waals surface area contributed by atoms with Crippen LogP contribution in [0.1, 0.15) is 24.1 Å². The number of ether oxygens (including phenoxy) is 1. The highest BCUT2D eigenvalue weighted by molar-refractivity contribution is 5.93. The number of hydrogen-bond donors (Lipinski definition) is 1. The van der Waals surface area contributed by atoms with Gasteiger partial charge < -0.3 is 9.26 Å². The van der Waals surface area contributed by atoms with Gasteiger partial charge in [0.05, 0.1) is 11.1 Å². The Balaban J connectivity index is 1.55. The van der Waals surface area contributed by atoms with Gasteiger partial charge in [0.1, 0.15) is 0 Å². The number of aromatic nitrogens is 1. The Hall–Kier alpha value is -2.63. The van der Waals surface area contributed by atoms with Crippen molar-refractivity contribution < 1.29 is 18.8 Å². The smallest absolute Gasteiger partial charge is 0.317 e. The van der Waals surface area contributed by atoms with Gasteiger partial charge in [0, 0.05) is 6.07 Å². The molecule has 0 spiro atoms. The fourth-order valence-corrected chi connectivity index (χ4v) is 2.36. The number of rotatable bonds is 5. The monoisotopic (exact) mass is 300 g/mol. The van der Waals surface area contributed by atoms with Crippen LogP contribution in [0.5, 0.6) is 0 Å². The van der Waals surface area contributed by atoms with Crippen molar-refractivity contribution in [1.29, 1.82) is 0 Å². The molecular weight excluding hydrogens is 284 g/mol. The van der Waals surface area contributed by atoms with Gasteiger partial charge in [-0.25, -0.2) is 0 Å². The van der Waals surface area contributed by atoms with Crippen molar-refractivity contribution in [3.8, 4) is 0 Å². The van der Waals surface area contributed by atoms with Crippen molar-refractivity contribution in [2.75, 3.05) is 11.9 Å². The second-order valence-corrected chi connectivity index (χ2v) is 5.40. The molecule has 114 valence electrons. The van der Waals surface area contributed by atoms with Crippen LogP contribution in [0.15, 0.2) is 40.9 Å². The Bertz CT molecular complexity index is 689. The van der Waals surface area contributed by atoms with Crippen molar-refractivity contribution in [3.63, 3.8) is 0 Å². The van der Waals surface area contributed by atoms with E-state index in [0.29, 0.717) is 5.69 Å². The number of hydrogen-bond acceptors (Lipinski definition) is 5. The molecule has 0 unspecified atom stereocenters. The van der Waals surface area contributed by atoms with E-state index in [1.54, 1.807) is 13.0 Å². The molecule has 0 aliphatic heterocycles. The van der Waals surface area contributed by atoms with Crippen molar-refractivity contribution in [3.05, 3.63) is 47.7 Å². The third kappa shape index (κ3) is 2.86. The van der Waals surface area contributed by atoms with Crippen molar-refractivity contribution in [1.82, 2.24) is 5.16 Å².